The van der Waals surface area contributed by atoms with Gasteiger partial charge in [0, 0.05) is 11.5 Å². The molecule has 1 aliphatic rings. The second kappa shape index (κ2) is 7.25. The number of tetrazole rings is 1. The van der Waals surface area contributed by atoms with E-state index in [1.165, 1.54) is 4.80 Å². The van der Waals surface area contributed by atoms with Gasteiger partial charge in [-0.05, 0) is 65.8 Å². The van der Waals surface area contributed by atoms with Crippen LogP contribution in [0.5, 0.6) is 0 Å². The number of carbonyl (C=O) groups excluding carboxylic acids is 1. The second-order valence-corrected chi connectivity index (χ2v) is 6.80. The molecule has 1 saturated heterocycles. The Hall–Kier alpha value is -1.70. The summed E-state index contributed by atoms with van der Waals surface area (Å²) in [6.07, 6.45) is 0.661. The number of aromatic nitrogens is 4. The number of nitrogens with zero attached hydrogens (tertiary/aromatic N) is 5. The maximum Gasteiger partial charge on any atom is 0.510 e. The summed E-state index contributed by atoms with van der Waals surface area (Å²) in [7, 11) is 0. The Morgan fingerprint density at radius 1 is 1.35 bits per heavy atom. The quantitative estimate of drug-likeness (QED) is 0.786. The van der Waals surface area contributed by atoms with Crippen LogP contribution < -0.4 is 0 Å². The maximum atomic E-state index is 11.3. The van der Waals surface area contributed by atoms with Crippen LogP contribution in [0.25, 0.3) is 0 Å². The van der Waals surface area contributed by atoms with Crippen molar-refractivity contribution in [3.05, 3.63) is 5.82 Å². The standard InChI is InChI=1S/C15H27N5O3/c1-6-22-14(21)23-11(2)20-17-13(16-18-20)12-7-9-19(10-8-12)15(3,4)5/h11-12H,6-10H2,1-5H3. The van der Waals surface area contributed by atoms with Crippen LogP contribution in [-0.4, -0.2) is 56.5 Å². The zero-order valence-electron chi connectivity index (χ0n) is 14.7. The van der Waals surface area contributed by atoms with E-state index < -0.39 is 12.4 Å². The van der Waals surface area contributed by atoms with Crippen molar-refractivity contribution in [1.29, 1.82) is 0 Å². The van der Waals surface area contributed by atoms with E-state index in [1.807, 2.05) is 0 Å². The van der Waals surface area contributed by atoms with E-state index in [0.29, 0.717) is 5.92 Å². The van der Waals surface area contributed by atoms with Gasteiger partial charge in [0.1, 0.15) is 0 Å². The molecular weight excluding hydrogens is 298 g/mol. The molecule has 1 aliphatic heterocycles. The summed E-state index contributed by atoms with van der Waals surface area (Å²) in [5.41, 5.74) is 0.192. The highest BCUT2D eigenvalue weighted by Crippen LogP contribution is 2.29. The van der Waals surface area contributed by atoms with Crippen LogP contribution in [0.15, 0.2) is 0 Å². The van der Waals surface area contributed by atoms with Gasteiger partial charge >= 0.3 is 6.16 Å². The number of carbonyl (C=O) groups is 1. The highest BCUT2D eigenvalue weighted by atomic mass is 16.7. The molecular formula is C15H27N5O3. The molecule has 0 aliphatic carbocycles. The van der Waals surface area contributed by atoms with Gasteiger partial charge in [-0.15, -0.1) is 15.0 Å². The molecule has 0 saturated carbocycles. The normalized spacial score (nSPS) is 18.7. The molecule has 1 aromatic rings. The van der Waals surface area contributed by atoms with Crippen LogP contribution in [0.2, 0.25) is 0 Å². The van der Waals surface area contributed by atoms with Gasteiger partial charge in [0.25, 0.3) is 0 Å². The van der Waals surface area contributed by atoms with Crippen molar-refractivity contribution >= 4 is 6.16 Å². The average Bonchev–Trinajstić information content (AvgIpc) is 2.96. The summed E-state index contributed by atoms with van der Waals surface area (Å²) >= 11 is 0. The predicted molar refractivity (Wildman–Crippen MR) is 83.9 cm³/mol. The molecule has 130 valence electrons. The molecule has 1 unspecified atom stereocenters. The van der Waals surface area contributed by atoms with Crippen molar-refractivity contribution in [3.63, 3.8) is 0 Å². The van der Waals surface area contributed by atoms with E-state index in [2.05, 4.69) is 41.1 Å². The predicted octanol–water partition coefficient (Wildman–Crippen LogP) is 2.34. The van der Waals surface area contributed by atoms with Crippen molar-refractivity contribution < 1.29 is 14.3 Å². The van der Waals surface area contributed by atoms with Gasteiger partial charge in [0.05, 0.1) is 6.61 Å². The Balaban J connectivity index is 1.91. The lowest BCUT2D eigenvalue weighted by Crippen LogP contribution is -2.45. The minimum Gasteiger partial charge on any atom is -0.435 e. The molecule has 0 amide bonds. The minimum absolute atomic E-state index is 0.192. The van der Waals surface area contributed by atoms with Gasteiger partial charge in [-0.1, -0.05) is 0 Å². The summed E-state index contributed by atoms with van der Waals surface area (Å²) in [6, 6.07) is 0. The minimum atomic E-state index is -0.725. The topological polar surface area (TPSA) is 82.4 Å². The summed E-state index contributed by atoms with van der Waals surface area (Å²) in [6.45, 7) is 12.4. The lowest BCUT2D eigenvalue weighted by Gasteiger charge is -2.40. The summed E-state index contributed by atoms with van der Waals surface area (Å²) in [5, 5.41) is 12.5. The van der Waals surface area contributed by atoms with E-state index in [-0.39, 0.29) is 12.1 Å². The first-order valence-electron chi connectivity index (χ1n) is 8.19. The van der Waals surface area contributed by atoms with Crippen LogP contribution in [0, 0.1) is 0 Å². The number of ether oxygens (including phenoxy) is 2. The molecule has 0 spiro atoms. The maximum absolute atomic E-state index is 11.3. The van der Waals surface area contributed by atoms with Crippen LogP contribution in [0.4, 0.5) is 4.79 Å². The van der Waals surface area contributed by atoms with Crippen molar-refractivity contribution in [2.24, 2.45) is 0 Å². The van der Waals surface area contributed by atoms with Crippen molar-refractivity contribution in [1.82, 2.24) is 25.1 Å². The third-order valence-corrected chi connectivity index (χ3v) is 4.11. The Morgan fingerprint density at radius 2 is 2.00 bits per heavy atom. The average molecular weight is 325 g/mol. The lowest BCUT2D eigenvalue weighted by molar-refractivity contribution is -0.00534. The Kier molecular flexibility index (Phi) is 5.56. The van der Waals surface area contributed by atoms with Gasteiger partial charge in [-0.2, -0.15) is 0 Å². The fourth-order valence-electron chi connectivity index (χ4n) is 2.70. The van der Waals surface area contributed by atoms with Gasteiger partial charge in [-0.25, -0.2) is 4.79 Å². The van der Waals surface area contributed by atoms with Gasteiger partial charge in [0.15, 0.2) is 5.82 Å². The van der Waals surface area contributed by atoms with E-state index >= 15 is 0 Å². The largest absolute Gasteiger partial charge is 0.510 e. The summed E-state index contributed by atoms with van der Waals surface area (Å²) < 4.78 is 9.81. The zero-order chi connectivity index (χ0) is 17.0. The number of rotatable bonds is 4. The van der Waals surface area contributed by atoms with Crippen LogP contribution >= 0.6 is 0 Å². The molecule has 0 N–H and O–H groups in total. The van der Waals surface area contributed by atoms with E-state index in [9.17, 15) is 4.79 Å². The first kappa shape index (κ1) is 17.7. The smallest absolute Gasteiger partial charge is 0.435 e. The van der Waals surface area contributed by atoms with E-state index in [4.69, 9.17) is 9.47 Å². The summed E-state index contributed by atoms with van der Waals surface area (Å²) in [5.74, 6) is 1.02. The fraction of sp³-hybridized carbons (Fsp3) is 0.867. The van der Waals surface area contributed by atoms with Crippen LogP contribution in [-0.2, 0) is 9.47 Å². The highest BCUT2D eigenvalue weighted by Gasteiger charge is 2.30. The first-order valence-corrected chi connectivity index (χ1v) is 8.19. The fourth-order valence-corrected chi connectivity index (χ4v) is 2.70. The van der Waals surface area contributed by atoms with Gasteiger partial charge < -0.3 is 9.47 Å². The lowest BCUT2D eigenvalue weighted by atomic mass is 9.92. The van der Waals surface area contributed by atoms with Crippen molar-refractivity contribution in [2.75, 3.05) is 19.7 Å². The third kappa shape index (κ3) is 4.63. The summed E-state index contributed by atoms with van der Waals surface area (Å²) in [4.78, 5) is 15.1. The van der Waals surface area contributed by atoms with Crippen molar-refractivity contribution in [2.45, 2.75) is 65.1 Å². The number of piperidine rings is 1. The Morgan fingerprint density at radius 3 is 2.57 bits per heavy atom. The van der Waals surface area contributed by atoms with E-state index in [0.717, 1.165) is 31.8 Å². The van der Waals surface area contributed by atoms with Gasteiger partial charge in [0.2, 0.25) is 6.23 Å². The molecule has 2 rings (SSSR count). The molecule has 1 atom stereocenters. The molecule has 2 heterocycles. The molecule has 8 nitrogen and oxygen atoms in total. The number of likely N-dealkylation sites (tertiary alicyclic amines) is 1. The molecule has 0 radical (unpaired) electrons. The van der Waals surface area contributed by atoms with Gasteiger partial charge in [-0.3, -0.25) is 4.90 Å². The SMILES string of the molecule is CCOC(=O)OC(C)n1nnc(C2CCN(C(C)(C)C)CC2)n1. The number of hydrogen-bond acceptors (Lipinski definition) is 7. The van der Waals surface area contributed by atoms with E-state index in [1.54, 1.807) is 13.8 Å². The molecule has 23 heavy (non-hydrogen) atoms. The molecule has 1 aromatic heterocycles. The zero-order valence-corrected chi connectivity index (χ0v) is 14.7. The monoisotopic (exact) mass is 325 g/mol. The molecule has 1 fully saturated rings. The molecule has 0 bridgehead atoms. The second-order valence-electron chi connectivity index (χ2n) is 6.80. The van der Waals surface area contributed by atoms with Crippen LogP contribution in [0.1, 0.15) is 65.4 Å². The molecule has 8 heteroatoms. The first-order chi connectivity index (χ1) is 10.8. The van der Waals surface area contributed by atoms with Crippen molar-refractivity contribution in [3.8, 4) is 0 Å². The third-order valence-electron chi connectivity index (χ3n) is 4.11. The number of hydrogen-bond donors (Lipinski definition) is 0. The van der Waals surface area contributed by atoms with Crippen LogP contribution in [0.3, 0.4) is 0 Å². The Labute approximate surface area is 137 Å². The highest BCUT2D eigenvalue weighted by molar-refractivity contribution is 5.59. The molecule has 0 aromatic carbocycles. The Bertz CT molecular complexity index is 517.